The van der Waals surface area contributed by atoms with Crippen LogP contribution in [-0.4, -0.2) is 28.7 Å². The smallest absolute Gasteiger partial charge is 0.411 e. The molecule has 1 fully saturated rings. The van der Waals surface area contributed by atoms with Crippen molar-refractivity contribution in [3.63, 3.8) is 0 Å². The molecule has 1 amide bonds. The van der Waals surface area contributed by atoms with Crippen LogP contribution in [0.5, 0.6) is 0 Å². The lowest BCUT2D eigenvalue weighted by Crippen LogP contribution is -2.45. The Morgan fingerprint density at radius 2 is 2.19 bits per heavy atom. The summed E-state index contributed by atoms with van der Waals surface area (Å²) in [4.78, 5) is 13.9. The van der Waals surface area contributed by atoms with E-state index in [4.69, 9.17) is 4.74 Å². The van der Waals surface area contributed by atoms with Crippen LogP contribution in [0.3, 0.4) is 0 Å². The van der Waals surface area contributed by atoms with Crippen LogP contribution in [0.2, 0.25) is 0 Å². The first-order valence-corrected chi connectivity index (χ1v) is 6.53. The summed E-state index contributed by atoms with van der Waals surface area (Å²) in [5, 5.41) is 0. The van der Waals surface area contributed by atoms with Crippen molar-refractivity contribution in [3.8, 4) is 0 Å². The number of fused-ring (bicyclic) bond motifs is 2. The molecule has 0 aromatic rings. The van der Waals surface area contributed by atoms with Gasteiger partial charge in [0.15, 0.2) is 0 Å². The minimum absolute atomic E-state index is 0.170. The van der Waals surface area contributed by atoms with Crippen LogP contribution < -0.4 is 0 Å². The Kier molecular flexibility index (Phi) is 3.03. The van der Waals surface area contributed by atoms with Gasteiger partial charge in [0, 0.05) is 6.04 Å². The second kappa shape index (κ2) is 4.06. The molecule has 2 heterocycles. The van der Waals surface area contributed by atoms with Gasteiger partial charge in [-0.15, -0.1) is 0 Å². The van der Waals surface area contributed by atoms with E-state index < -0.39 is 5.60 Å². The second-order valence-corrected chi connectivity index (χ2v) is 6.52. The summed E-state index contributed by atoms with van der Waals surface area (Å²) in [7, 11) is 0. The topological polar surface area (TPSA) is 29.5 Å². The molecule has 2 aliphatic heterocycles. The lowest BCUT2D eigenvalue weighted by molar-refractivity contribution is 0.0170. The number of amides is 1. The number of halogens is 1. The third-order valence-electron chi connectivity index (χ3n) is 2.95. The summed E-state index contributed by atoms with van der Waals surface area (Å²) in [5.41, 5.74) is -0.408. The van der Waals surface area contributed by atoms with Crippen LogP contribution in [-0.2, 0) is 4.74 Å². The molecule has 2 bridgehead atoms. The Morgan fingerprint density at radius 1 is 1.50 bits per heavy atom. The Bertz CT molecular complexity index is 332. The maximum absolute atomic E-state index is 12.0. The summed E-state index contributed by atoms with van der Waals surface area (Å²) < 4.78 is 6.66. The average molecular weight is 288 g/mol. The van der Waals surface area contributed by atoms with Crippen LogP contribution in [0.15, 0.2) is 10.6 Å². The number of carbonyl (C=O) groups excluding carboxylic acids is 1. The van der Waals surface area contributed by atoms with Gasteiger partial charge in [0.25, 0.3) is 0 Å². The highest BCUT2D eigenvalue weighted by molar-refractivity contribution is 9.11. The van der Waals surface area contributed by atoms with E-state index in [0.717, 1.165) is 19.3 Å². The molecule has 0 radical (unpaired) electrons. The minimum atomic E-state index is -0.408. The SMILES string of the molecule is CC(C)(C)OC(=O)N1[C@@H]2CC[C@H]1C=C(Br)C2. The summed E-state index contributed by atoms with van der Waals surface area (Å²) in [6.45, 7) is 5.72. The molecule has 2 aliphatic rings. The summed E-state index contributed by atoms with van der Waals surface area (Å²) in [6.07, 6.45) is 5.02. The largest absolute Gasteiger partial charge is 0.444 e. The van der Waals surface area contributed by atoms with Crippen LogP contribution >= 0.6 is 15.9 Å². The molecule has 0 spiro atoms. The third-order valence-corrected chi connectivity index (χ3v) is 3.54. The number of carbonyl (C=O) groups is 1. The monoisotopic (exact) mass is 287 g/mol. The number of nitrogens with zero attached hydrogens (tertiary/aromatic N) is 1. The minimum Gasteiger partial charge on any atom is -0.444 e. The van der Waals surface area contributed by atoms with E-state index in [0.29, 0.717) is 6.04 Å². The second-order valence-electron chi connectivity index (χ2n) is 5.50. The van der Waals surface area contributed by atoms with Crippen molar-refractivity contribution in [1.82, 2.24) is 4.90 Å². The van der Waals surface area contributed by atoms with E-state index in [-0.39, 0.29) is 12.1 Å². The molecule has 1 saturated heterocycles. The van der Waals surface area contributed by atoms with Crippen molar-refractivity contribution in [2.75, 3.05) is 0 Å². The number of hydrogen-bond acceptors (Lipinski definition) is 2. The van der Waals surface area contributed by atoms with E-state index in [1.54, 1.807) is 0 Å². The fraction of sp³-hybridized carbons (Fsp3) is 0.750. The highest BCUT2D eigenvalue weighted by atomic mass is 79.9. The highest BCUT2D eigenvalue weighted by Gasteiger charge is 2.40. The molecule has 3 nitrogen and oxygen atoms in total. The van der Waals surface area contributed by atoms with Gasteiger partial charge in [-0.2, -0.15) is 0 Å². The van der Waals surface area contributed by atoms with Crippen molar-refractivity contribution < 1.29 is 9.53 Å². The first-order valence-electron chi connectivity index (χ1n) is 5.74. The molecule has 4 heteroatoms. The lowest BCUT2D eigenvalue weighted by atomic mass is 10.1. The van der Waals surface area contributed by atoms with E-state index in [9.17, 15) is 4.79 Å². The standard InChI is InChI=1S/C12H18BrNO2/c1-12(2,3)16-11(15)14-9-4-5-10(14)7-8(13)6-9/h6,9-10H,4-5,7H2,1-3H3/t9-,10+/m0/s1. The van der Waals surface area contributed by atoms with Gasteiger partial charge in [-0.25, -0.2) is 4.79 Å². The summed E-state index contributed by atoms with van der Waals surface area (Å²) in [6, 6.07) is 0.544. The van der Waals surface area contributed by atoms with E-state index in [1.165, 1.54) is 4.48 Å². The molecule has 16 heavy (non-hydrogen) atoms. The predicted molar refractivity (Wildman–Crippen MR) is 66.5 cm³/mol. The fourth-order valence-corrected chi connectivity index (χ4v) is 3.06. The van der Waals surface area contributed by atoms with Crippen molar-refractivity contribution in [1.29, 1.82) is 0 Å². The highest BCUT2D eigenvalue weighted by Crippen LogP contribution is 2.37. The maximum atomic E-state index is 12.0. The zero-order chi connectivity index (χ0) is 11.9. The zero-order valence-electron chi connectivity index (χ0n) is 10.00. The molecule has 0 saturated carbocycles. The first-order chi connectivity index (χ1) is 7.37. The first kappa shape index (κ1) is 12.0. The molecule has 0 aliphatic carbocycles. The normalized spacial score (nSPS) is 29.0. The zero-order valence-corrected chi connectivity index (χ0v) is 11.6. The Hall–Kier alpha value is -0.510. The average Bonchev–Trinajstić information content (AvgIpc) is 2.36. The van der Waals surface area contributed by atoms with Crippen molar-refractivity contribution in [2.45, 2.75) is 57.7 Å². The van der Waals surface area contributed by atoms with Crippen LogP contribution in [0.25, 0.3) is 0 Å². The summed E-state index contributed by atoms with van der Waals surface area (Å²) >= 11 is 3.53. The van der Waals surface area contributed by atoms with Gasteiger partial charge >= 0.3 is 6.09 Å². The molecule has 2 atom stereocenters. The third kappa shape index (κ3) is 2.42. The Labute approximate surface area is 105 Å². The van der Waals surface area contributed by atoms with Gasteiger partial charge in [-0.3, -0.25) is 4.90 Å². The lowest BCUT2D eigenvalue weighted by Gasteiger charge is -2.34. The Balaban J connectivity index is 2.09. The number of rotatable bonds is 0. The van der Waals surface area contributed by atoms with Gasteiger partial charge in [0.2, 0.25) is 0 Å². The van der Waals surface area contributed by atoms with Crippen LogP contribution in [0.1, 0.15) is 40.0 Å². The van der Waals surface area contributed by atoms with Crippen LogP contribution in [0.4, 0.5) is 4.79 Å². The molecule has 90 valence electrons. The number of ether oxygens (including phenoxy) is 1. The molecule has 0 N–H and O–H groups in total. The van der Waals surface area contributed by atoms with Gasteiger partial charge < -0.3 is 4.74 Å². The molecule has 0 unspecified atom stereocenters. The molecule has 0 aromatic heterocycles. The quantitative estimate of drug-likeness (QED) is 0.683. The van der Waals surface area contributed by atoms with Gasteiger partial charge in [-0.05, 0) is 44.5 Å². The Morgan fingerprint density at radius 3 is 2.75 bits per heavy atom. The van der Waals surface area contributed by atoms with Gasteiger partial charge in [0.05, 0.1) is 6.04 Å². The number of hydrogen-bond donors (Lipinski definition) is 0. The van der Waals surface area contributed by atoms with Crippen LogP contribution in [0, 0.1) is 0 Å². The molecule has 2 rings (SSSR count). The molecular formula is C12H18BrNO2. The van der Waals surface area contributed by atoms with Crippen molar-refractivity contribution >= 4 is 22.0 Å². The van der Waals surface area contributed by atoms with Gasteiger partial charge in [0.1, 0.15) is 5.60 Å². The summed E-state index contributed by atoms with van der Waals surface area (Å²) in [5.74, 6) is 0. The van der Waals surface area contributed by atoms with Crippen molar-refractivity contribution in [2.24, 2.45) is 0 Å². The van der Waals surface area contributed by atoms with Crippen molar-refractivity contribution in [3.05, 3.63) is 10.6 Å². The van der Waals surface area contributed by atoms with E-state index >= 15 is 0 Å². The fourth-order valence-electron chi connectivity index (χ4n) is 2.38. The van der Waals surface area contributed by atoms with Gasteiger partial charge in [-0.1, -0.05) is 22.0 Å². The van der Waals surface area contributed by atoms with E-state index in [2.05, 4.69) is 22.0 Å². The molecular weight excluding hydrogens is 270 g/mol. The molecule has 0 aromatic carbocycles. The maximum Gasteiger partial charge on any atom is 0.411 e. The predicted octanol–water partition coefficient (Wildman–Crippen LogP) is 3.44. The van der Waals surface area contributed by atoms with E-state index in [1.807, 2.05) is 25.7 Å².